The lowest BCUT2D eigenvalue weighted by Crippen LogP contribution is -2.59. The zero-order chi connectivity index (χ0) is 41.1. The van der Waals surface area contributed by atoms with Crippen LogP contribution in [0.15, 0.2) is 42.6 Å². The zero-order valence-electron chi connectivity index (χ0n) is 34.1. The molecule has 1 saturated heterocycles. The molecule has 5 fully saturated rings. The number of nitrogens with zero attached hydrogens (tertiary/aromatic N) is 2. The number of allylic oxidation sites excluding steroid dienone is 1. The van der Waals surface area contributed by atoms with Crippen LogP contribution in [0.5, 0.6) is 11.6 Å². The van der Waals surface area contributed by atoms with Gasteiger partial charge in [-0.3, -0.25) is 19.1 Å². The second kappa shape index (κ2) is 15.3. The van der Waals surface area contributed by atoms with Gasteiger partial charge in [0.05, 0.1) is 17.4 Å². The third-order valence-corrected chi connectivity index (χ3v) is 15.5. The number of sulfonamides is 1. The highest BCUT2D eigenvalue weighted by Crippen LogP contribution is 2.52. The number of alkyl carbamates (subject to hydrolysis) is 1. The van der Waals surface area contributed by atoms with Crippen molar-refractivity contribution in [1.82, 2.24) is 25.2 Å². The minimum atomic E-state index is -3.99. The van der Waals surface area contributed by atoms with Gasteiger partial charge in [-0.1, -0.05) is 26.0 Å². The number of amides is 4. The molecule has 4 saturated carbocycles. The molecule has 0 radical (unpaired) electrons. The van der Waals surface area contributed by atoms with Gasteiger partial charge in [-0.15, -0.1) is 0 Å². The van der Waals surface area contributed by atoms with Crippen LogP contribution in [0.3, 0.4) is 0 Å². The molecule has 1 aromatic carbocycles. The second-order valence-corrected chi connectivity index (χ2v) is 20.7. The molecule has 0 spiro atoms. The highest BCUT2D eigenvalue weighted by Gasteiger charge is 2.63. The molecular formula is C43H57N5O9S. The number of ether oxygens (including phenoxy) is 3. The monoisotopic (exact) mass is 819 g/mol. The van der Waals surface area contributed by atoms with E-state index in [1.54, 1.807) is 13.1 Å². The van der Waals surface area contributed by atoms with Gasteiger partial charge in [0.2, 0.25) is 27.7 Å². The van der Waals surface area contributed by atoms with E-state index >= 15 is 0 Å². The van der Waals surface area contributed by atoms with Gasteiger partial charge in [-0.25, -0.2) is 18.2 Å². The molecule has 58 heavy (non-hydrogen) atoms. The number of hydrogen-bond acceptors (Lipinski definition) is 10. The Morgan fingerprint density at radius 3 is 2.50 bits per heavy atom. The maximum absolute atomic E-state index is 14.9. The fraction of sp³-hybridized carbons (Fsp3) is 0.651. The molecule has 8 rings (SSSR count). The fourth-order valence-electron chi connectivity index (χ4n) is 9.39. The number of hydrogen-bond donors (Lipinski definition) is 3. The van der Waals surface area contributed by atoms with Crippen molar-refractivity contribution in [2.45, 2.75) is 140 Å². The van der Waals surface area contributed by atoms with Gasteiger partial charge < -0.3 is 29.7 Å². The van der Waals surface area contributed by atoms with Crippen LogP contribution in [0, 0.1) is 29.6 Å². The molecular weight excluding hydrogens is 763 g/mol. The lowest BCUT2D eigenvalue weighted by Gasteiger charge is -2.33. The normalized spacial score (nSPS) is 34.7. The summed E-state index contributed by atoms with van der Waals surface area (Å²) >= 11 is 0. The standard InChI is InChI=1S/C43H57N5O9S/c1-24(2)55-31-10-11-34-27(18-31)12-15-44-38(34)56-33-21-35-37(49)46-43(40(51)47-58(53,54)42(5)13-14-42)22-30(43)9-7-6-8-25(3)16-26(4)36(39(50)48(35)23-33)45-41(52)57-32-19-28-17-29(28)20-32/h7,9-12,15,18,24-26,28-30,32-33,35-36H,6,8,13-14,16-17,19-23H2,1-5H3,(H,45,52)(H,46,49)(H,47,51)/b9-7-/t25-,26+,28-,29+,30?,32+,33+,35-,36-,43+/m0/s1. The lowest BCUT2D eigenvalue weighted by molar-refractivity contribution is -0.142. The summed E-state index contributed by atoms with van der Waals surface area (Å²) in [4.78, 5) is 62.9. The van der Waals surface area contributed by atoms with E-state index < -0.39 is 68.2 Å². The van der Waals surface area contributed by atoms with Gasteiger partial charge in [0.15, 0.2) is 0 Å². The van der Waals surface area contributed by atoms with Crippen molar-refractivity contribution in [2.75, 3.05) is 6.54 Å². The minimum absolute atomic E-state index is 0.000277. The Kier molecular flexibility index (Phi) is 10.7. The molecule has 1 unspecified atom stereocenters. The van der Waals surface area contributed by atoms with Gasteiger partial charge in [0.1, 0.15) is 35.6 Å². The third-order valence-electron chi connectivity index (χ3n) is 13.3. The maximum atomic E-state index is 14.9. The Morgan fingerprint density at radius 1 is 1.02 bits per heavy atom. The van der Waals surface area contributed by atoms with Gasteiger partial charge in [0, 0.05) is 23.9 Å². The lowest BCUT2D eigenvalue weighted by atomic mass is 9.88. The Balaban J connectivity index is 1.09. The van der Waals surface area contributed by atoms with E-state index in [4.69, 9.17) is 14.2 Å². The van der Waals surface area contributed by atoms with Crippen LogP contribution in [-0.2, 0) is 29.1 Å². The third kappa shape index (κ3) is 8.24. The van der Waals surface area contributed by atoms with E-state index in [2.05, 4.69) is 27.3 Å². The molecule has 1 aromatic heterocycles. The molecule has 314 valence electrons. The van der Waals surface area contributed by atoms with Crippen LogP contribution in [-0.4, -0.2) is 89.3 Å². The highest BCUT2D eigenvalue weighted by atomic mass is 32.2. The largest absolute Gasteiger partial charge is 0.491 e. The second-order valence-electron chi connectivity index (χ2n) is 18.5. The summed E-state index contributed by atoms with van der Waals surface area (Å²) in [7, 11) is -3.99. The number of pyridine rings is 1. The zero-order valence-corrected chi connectivity index (χ0v) is 34.9. The number of nitrogens with one attached hydrogen (secondary N) is 3. The fourth-order valence-corrected chi connectivity index (χ4v) is 10.7. The minimum Gasteiger partial charge on any atom is -0.491 e. The van der Waals surface area contributed by atoms with Crippen LogP contribution in [0.1, 0.15) is 98.8 Å². The summed E-state index contributed by atoms with van der Waals surface area (Å²) in [6.45, 7) is 9.54. The SMILES string of the molecule is CC(C)Oc1ccc2c(O[C@@H]3C[C@H]4C(=O)N[C@]5(C(=O)NS(=O)(=O)C6(C)CC6)CC5/C=C\CC[C@H](C)C[C@@H](C)[C@H](NC(=O)O[C@@H]5C[C@@H]6C[C@@H]6C5)C(=O)N4C3)nccc2c1. The first-order chi connectivity index (χ1) is 27.5. The maximum Gasteiger partial charge on any atom is 0.408 e. The van der Waals surface area contributed by atoms with Crippen molar-refractivity contribution in [1.29, 1.82) is 0 Å². The van der Waals surface area contributed by atoms with Crippen molar-refractivity contribution in [3.05, 3.63) is 42.6 Å². The molecule has 2 aromatic rings. The van der Waals surface area contributed by atoms with E-state index in [9.17, 15) is 27.6 Å². The number of carbonyl (C=O) groups is 4. The first kappa shape index (κ1) is 40.4. The van der Waals surface area contributed by atoms with Gasteiger partial charge in [-0.05, 0) is 132 Å². The summed E-state index contributed by atoms with van der Waals surface area (Å²) in [6.07, 6.45) is 10.0. The predicted octanol–water partition coefficient (Wildman–Crippen LogP) is 5.15. The van der Waals surface area contributed by atoms with E-state index in [0.29, 0.717) is 49.1 Å². The van der Waals surface area contributed by atoms with E-state index in [1.165, 1.54) is 11.3 Å². The van der Waals surface area contributed by atoms with Gasteiger partial charge in [-0.2, -0.15) is 0 Å². The predicted molar refractivity (Wildman–Crippen MR) is 215 cm³/mol. The molecule has 3 N–H and O–H groups in total. The molecule has 4 amide bonds. The van der Waals surface area contributed by atoms with Crippen LogP contribution in [0.4, 0.5) is 4.79 Å². The van der Waals surface area contributed by atoms with Crippen molar-refractivity contribution < 1.29 is 41.8 Å². The van der Waals surface area contributed by atoms with Crippen LogP contribution in [0.2, 0.25) is 0 Å². The summed E-state index contributed by atoms with van der Waals surface area (Å²) in [5, 5.41) is 7.41. The molecule has 2 aliphatic heterocycles. The molecule has 3 heterocycles. The number of rotatable bonds is 9. The van der Waals surface area contributed by atoms with E-state index in [0.717, 1.165) is 30.0 Å². The van der Waals surface area contributed by atoms with Crippen molar-refractivity contribution in [3.63, 3.8) is 0 Å². The van der Waals surface area contributed by atoms with Crippen molar-refractivity contribution in [2.24, 2.45) is 29.6 Å². The van der Waals surface area contributed by atoms with Crippen molar-refractivity contribution in [3.8, 4) is 11.6 Å². The Bertz CT molecular complexity index is 2100. The highest BCUT2D eigenvalue weighted by molar-refractivity contribution is 7.91. The summed E-state index contributed by atoms with van der Waals surface area (Å²) in [5.74, 6) is -0.199. The molecule has 4 aliphatic carbocycles. The Hall–Kier alpha value is -4.40. The first-order valence-corrected chi connectivity index (χ1v) is 22.6. The Labute approximate surface area is 340 Å². The number of benzene rings is 1. The molecule has 14 nitrogen and oxygen atoms in total. The van der Waals surface area contributed by atoms with Crippen LogP contribution in [0.25, 0.3) is 10.8 Å². The average Bonchev–Trinajstić information content (AvgIpc) is 4.12. The number of aromatic nitrogens is 1. The average molecular weight is 820 g/mol. The molecule has 15 heteroatoms. The van der Waals surface area contributed by atoms with E-state index in [1.807, 2.05) is 57.2 Å². The van der Waals surface area contributed by atoms with Crippen LogP contribution >= 0.6 is 0 Å². The van der Waals surface area contributed by atoms with Gasteiger partial charge in [0.25, 0.3) is 5.91 Å². The first-order valence-electron chi connectivity index (χ1n) is 21.1. The summed E-state index contributed by atoms with van der Waals surface area (Å²) in [5.41, 5.74) is -1.52. The van der Waals surface area contributed by atoms with Crippen LogP contribution < -0.4 is 24.8 Å². The smallest absolute Gasteiger partial charge is 0.408 e. The quantitative estimate of drug-likeness (QED) is 0.286. The van der Waals surface area contributed by atoms with Crippen molar-refractivity contribution >= 4 is 44.6 Å². The summed E-state index contributed by atoms with van der Waals surface area (Å²) < 4.78 is 46.0. The number of fused-ring (bicyclic) bond motifs is 4. The molecule has 6 aliphatic rings. The van der Waals surface area contributed by atoms with Gasteiger partial charge >= 0.3 is 6.09 Å². The topological polar surface area (TPSA) is 182 Å². The van der Waals surface area contributed by atoms with E-state index in [-0.39, 0.29) is 43.4 Å². The molecule has 10 atom stereocenters. The summed E-state index contributed by atoms with van der Waals surface area (Å²) in [6, 6.07) is 5.34. The Morgan fingerprint density at radius 2 is 1.78 bits per heavy atom. The molecule has 0 bridgehead atoms. The number of carbonyl (C=O) groups excluding carboxylic acids is 4.